The van der Waals surface area contributed by atoms with E-state index < -0.39 is 0 Å². The SMILES string of the molecule is CCCCOc1ccc(CNNc2ccccc2)cc1OCC. The van der Waals surface area contributed by atoms with Gasteiger partial charge in [0.2, 0.25) is 0 Å². The normalized spacial score (nSPS) is 10.3. The van der Waals surface area contributed by atoms with Crippen molar-refractivity contribution in [2.24, 2.45) is 0 Å². The minimum Gasteiger partial charge on any atom is -0.490 e. The van der Waals surface area contributed by atoms with E-state index in [9.17, 15) is 0 Å². The first-order valence-electron chi connectivity index (χ1n) is 8.26. The van der Waals surface area contributed by atoms with E-state index in [0.29, 0.717) is 13.2 Å². The van der Waals surface area contributed by atoms with Gasteiger partial charge in [-0.1, -0.05) is 37.6 Å². The summed E-state index contributed by atoms with van der Waals surface area (Å²) in [5, 5.41) is 0. The van der Waals surface area contributed by atoms with Crippen molar-refractivity contribution in [1.29, 1.82) is 0 Å². The number of rotatable bonds is 10. The molecule has 23 heavy (non-hydrogen) atoms. The highest BCUT2D eigenvalue weighted by molar-refractivity contribution is 5.44. The van der Waals surface area contributed by atoms with E-state index in [1.54, 1.807) is 0 Å². The second kappa shape index (κ2) is 9.74. The zero-order valence-electron chi connectivity index (χ0n) is 14.0. The number of benzene rings is 2. The quantitative estimate of drug-likeness (QED) is 0.504. The molecule has 0 atom stereocenters. The first-order valence-corrected chi connectivity index (χ1v) is 8.26. The van der Waals surface area contributed by atoms with Gasteiger partial charge in [-0.2, -0.15) is 0 Å². The lowest BCUT2D eigenvalue weighted by molar-refractivity contribution is 0.272. The molecule has 0 fully saturated rings. The predicted octanol–water partition coefficient (Wildman–Crippen LogP) is 4.38. The van der Waals surface area contributed by atoms with E-state index in [2.05, 4.69) is 23.8 Å². The smallest absolute Gasteiger partial charge is 0.161 e. The number of hydrazine groups is 1. The lowest BCUT2D eigenvalue weighted by Gasteiger charge is -2.14. The van der Waals surface area contributed by atoms with Crippen molar-refractivity contribution in [2.45, 2.75) is 33.2 Å². The average Bonchev–Trinajstić information content (AvgIpc) is 2.58. The van der Waals surface area contributed by atoms with E-state index in [1.165, 1.54) is 0 Å². The van der Waals surface area contributed by atoms with Gasteiger partial charge >= 0.3 is 0 Å². The molecule has 0 spiro atoms. The minimum atomic E-state index is 0.628. The van der Waals surface area contributed by atoms with Crippen LogP contribution in [0, 0.1) is 0 Å². The molecule has 0 radical (unpaired) electrons. The molecule has 0 aliphatic carbocycles. The van der Waals surface area contributed by atoms with Crippen molar-refractivity contribution < 1.29 is 9.47 Å². The fourth-order valence-electron chi connectivity index (χ4n) is 2.15. The average molecular weight is 314 g/mol. The van der Waals surface area contributed by atoms with Crippen LogP contribution in [0.3, 0.4) is 0 Å². The summed E-state index contributed by atoms with van der Waals surface area (Å²) in [7, 11) is 0. The van der Waals surface area contributed by atoms with Crippen LogP contribution in [0.5, 0.6) is 11.5 Å². The van der Waals surface area contributed by atoms with Crippen LogP contribution in [0.25, 0.3) is 0 Å². The highest BCUT2D eigenvalue weighted by atomic mass is 16.5. The van der Waals surface area contributed by atoms with Gasteiger partial charge < -0.3 is 14.9 Å². The van der Waals surface area contributed by atoms with Crippen LogP contribution in [0.4, 0.5) is 5.69 Å². The predicted molar refractivity (Wildman–Crippen MR) is 94.9 cm³/mol. The number of para-hydroxylation sites is 1. The van der Waals surface area contributed by atoms with Gasteiger partial charge in [0, 0.05) is 12.2 Å². The summed E-state index contributed by atoms with van der Waals surface area (Å²) in [5.74, 6) is 1.63. The molecule has 124 valence electrons. The van der Waals surface area contributed by atoms with Gasteiger partial charge in [0.05, 0.1) is 13.2 Å². The maximum Gasteiger partial charge on any atom is 0.161 e. The van der Waals surface area contributed by atoms with Gasteiger partial charge in [0.1, 0.15) is 0 Å². The monoisotopic (exact) mass is 314 g/mol. The molecule has 2 aromatic carbocycles. The number of nitrogens with one attached hydrogen (secondary N) is 2. The third-order valence-electron chi connectivity index (χ3n) is 3.36. The number of anilines is 1. The third kappa shape index (κ3) is 5.83. The third-order valence-corrected chi connectivity index (χ3v) is 3.36. The molecule has 2 aromatic rings. The molecule has 0 aliphatic heterocycles. The molecular weight excluding hydrogens is 288 g/mol. The summed E-state index contributed by atoms with van der Waals surface area (Å²) in [4.78, 5) is 0. The van der Waals surface area contributed by atoms with Gasteiger partial charge in [-0.15, -0.1) is 0 Å². The lowest BCUT2D eigenvalue weighted by atomic mass is 10.2. The van der Waals surface area contributed by atoms with Crippen molar-refractivity contribution in [3.63, 3.8) is 0 Å². The zero-order chi connectivity index (χ0) is 16.3. The van der Waals surface area contributed by atoms with Gasteiger partial charge in [0.15, 0.2) is 11.5 Å². The van der Waals surface area contributed by atoms with Crippen molar-refractivity contribution in [1.82, 2.24) is 5.43 Å². The van der Waals surface area contributed by atoms with Crippen molar-refractivity contribution >= 4 is 5.69 Å². The van der Waals surface area contributed by atoms with Crippen molar-refractivity contribution in [2.75, 3.05) is 18.6 Å². The molecule has 0 heterocycles. The largest absolute Gasteiger partial charge is 0.490 e. The Hall–Kier alpha value is -2.20. The molecule has 4 heteroatoms. The first-order chi connectivity index (χ1) is 11.3. The highest BCUT2D eigenvalue weighted by Crippen LogP contribution is 2.28. The van der Waals surface area contributed by atoms with Crippen LogP contribution in [0.1, 0.15) is 32.3 Å². The van der Waals surface area contributed by atoms with E-state index in [4.69, 9.17) is 9.47 Å². The summed E-state index contributed by atoms with van der Waals surface area (Å²) in [6.07, 6.45) is 2.17. The van der Waals surface area contributed by atoms with Crippen molar-refractivity contribution in [3.05, 3.63) is 54.1 Å². The standard InChI is InChI=1S/C19H26N2O2/c1-3-5-13-23-18-12-11-16(14-19(18)22-4-2)15-20-21-17-9-7-6-8-10-17/h6-12,14,20-21H,3-5,13,15H2,1-2H3. The maximum absolute atomic E-state index is 5.80. The minimum absolute atomic E-state index is 0.628. The van der Waals surface area contributed by atoms with Gasteiger partial charge in [0.25, 0.3) is 0 Å². The summed E-state index contributed by atoms with van der Waals surface area (Å²) < 4.78 is 11.5. The Morgan fingerprint density at radius 3 is 2.48 bits per heavy atom. The molecule has 4 nitrogen and oxygen atoms in total. The van der Waals surface area contributed by atoms with Crippen molar-refractivity contribution in [3.8, 4) is 11.5 Å². The van der Waals surface area contributed by atoms with Crippen LogP contribution in [-0.2, 0) is 6.54 Å². The Morgan fingerprint density at radius 2 is 1.74 bits per heavy atom. The van der Waals surface area contributed by atoms with Crippen LogP contribution in [0.15, 0.2) is 48.5 Å². The molecule has 0 aliphatic rings. The zero-order valence-corrected chi connectivity index (χ0v) is 14.0. The maximum atomic E-state index is 5.80. The number of unbranched alkanes of at least 4 members (excludes halogenated alkanes) is 1. The Kier molecular flexibility index (Phi) is 7.27. The Labute approximate surface area is 138 Å². The number of hydrogen-bond acceptors (Lipinski definition) is 4. The summed E-state index contributed by atoms with van der Waals surface area (Å²) in [6, 6.07) is 16.1. The highest BCUT2D eigenvalue weighted by Gasteiger charge is 2.06. The molecule has 2 N–H and O–H groups in total. The number of ether oxygens (including phenoxy) is 2. The van der Waals surface area contributed by atoms with E-state index in [-0.39, 0.29) is 0 Å². The fraction of sp³-hybridized carbons (Fsp3) is 0.368. The Balaban J connectivity index is 1.92. The fourth-order valence-corrected chi connectivity index (χ4v) is 2.15. The van der Waals surface area contributed by atoms with Crippen LogP contribution >= 0.6 is 0 Å². The summed E-state index contributed by atoms with van der Waals surface area (Å²) >= 11 is 0. The summed E-state index contributed by atoms with van der Waals surface area (Å²) in [5.41, 5.74) is 8.57. The summed E-state index contributed by atoms with van der Waals surface area (Å²) in [6.45, 7) is 6.19. The molecule has 0 saturated heterocycles. The van der Waals surface area contributed by atoms with Gasteiger partial charge in [-0.3, -0.25) is 0 Å². The number of hydrogen-bond donors (Lipinski definition) is 2. The van der Waals surface area contributed by atoms with E-state index in [1.807, 2.05) is 49.4 Å². The molecule has 2 rings (SSSR count). The Bertz CT molecular complexity index is 573. The molecule has 0 aromatic heterocycles. The Morgan fingerprint density at radius 1 is 0.913 bits per heavy atom. The molecule has 0 amide bonds. The lowest BCUT2D eigenvalue weighted by Crippen LogP contribution is -2.20. The van der Waals surface area contributed by atoms with Crippen LogP contribution < -0.4 is 20.3 Å². The molecule has 0 unspecified atom stereocenters. The van der Waals surface area contributed by atoms with E-state index >= 15 is 0 Å². The van der Waals surface area contributed by atoms with Gasteiger partial charge in [-0.05, 0) is 43.2 Å². The molecular formula is C19H26N2O2. The molecule has 0 bridgehead atoms. The van der Waals surface area contributed by atoms with Crippen LogP contribution in [-0.4, -0.2) is 13.2 Å². The second-order valence-electron chi connectivity index (χ2n) is 5.26. The molecule has 0 saturated carbocycles. The van der Waals surface area contributed by atoms with E-state index in [0.717, 1.165) is 42.2 Å². The van der Waals surface area contributed by atoms with Crippen LogP contribution in [0.2, 0.25) is 0 Å². The first kappa shape index (κ1) is 17.2. The second-order valence-corrected chi connectivity index (χ2v) is 5.26. The topological polar surface area (TPSA) is 42.5 Å². The van der Waals surface area contributed by atoms with Gasteiger partial charge in [-0.25, -0.2) is 5.43 Å².